The normalized spacial score (nSPS) is 54.3. The Kier molecular flexibility index (Phi) is 4.99. The van der Waals surface area contributed by atoms with Crippen LogP contribution in [-0.4, -0.2) is 23.6 Å². The molecule has 0 aromatic rings. The zero-order valence-electron chi connectivity index (χ0n) is 24.2. The molecule has 1 spiro atoms. The van der Waals surface area contributed by atoms with Crippen molar-refractivity contribution in [2.45, 2.75) is 138 Å². The van der Waals surface area contributed by atoms with Gasteiger partial charge < -0.3 is 9.47 Å². The summed E-state index contributed by atoms with van der Waals surface area (Å²) in [4.78, 5) is 25.6. The van der Waals surface area contributed by atoms with Gasteiger partial charge in [-0.05, 0) is 98.7 Å². The van der Waals surface area contributed by atoms with Crippen LogP contribution in [0.5, 0.6) is 0 Å². The number of hydrogen-bond acceptors (Lipinski definition) is 4. The number of ether oxygens (including phenoxy) is 2. The maximum atomic E-state index is 13.7. The molecule has 2 bridgehead atoms. The van der Waals surface area contributed by atoms with Crippen molar-refractivity contribution in [1.82, 2.24) is 0 Å². The minimum atomic E-state index is -0.293. The molecular weight excluding hydrogens is 448 g/mol. The Balaban J connectivity index is 1.40. The van der Waals surface area contributed by atoms with Crippen LogP contribution in [0.4, 0.5) is 0 Å². The highest BCUT2D eigenvalue weighted by molar-refractivity contribution is 5.81. The Morgan fingerprint density at radius 2 is 1.47 bits per heavy atom. The van der Waals surface area contributed by atoms with E-state index in [1.165, 1.54) is 12.8 Å². The third-order valence-corrected chi connectivity index (χ3v) is 14.3. The molecule has 0 aromatic heterocycles. The summed E-state index contributed by atoms with van der Waals surface area (Å²) in [6.45, 7) is 18.8. The van der Waals surface area contributed by atoms with E-state index >= 15 is 0 Å². The van der Waals surface area contributed by atoms with Crippen LogP contribution in [0.15, 0.2) is 0 Å². The molecule has 1 heterocycles. The molecule has 1 saturated heterocycles. The minimum absolute atomic E-state index is 0.0125. The summed E-state index contributed by atoms with van der Waals surface area (Å²) in [6, 6.07) is 0. The van der Waals surface area contributed by atoms with Gasteiger partial charge in [-0.15, -0.1) is 0 Å². The Bertz CT molecular complexity index is 998. The van der Waals surface area contributed by atoms with Crippen molar-refractivity contribution in [1.29, 1.82) is 0 Å². The lowest BCUT2D eigenvalue weighted by Crippen LogP contribution is -2.72. The van der Waals surface area contributed by atoms with E-state index in [-0.39, 0.29) is 56.1 Å². The summed E-state index contributed by atoms with van der Waals surface area (Å²) < 4.78 is 12.7. The summed E-state index contributed by atoms with van der Waals surface area (Å²) in [5, 5.41) is 0. The van der Waals surface area contributed by atoms with Crippen molar-refractivity contribution in [3.05, 3.63) is 0 Å². The number of carbonyl (C=O) groups is 2. The van der Waals surface area contributed by atoms with Crippen LogP contribution < -0.4 is 0 Å². The molecule has 6 aliphatic rings. The number of fused-ring (bicyclic) bond motifs is 4. The third-order valence-electron chi connectivity index (χ3n) is 14.3. The summed E-state index contributed by atoms with van der Waals surface area (Å²) in [6.07, 6.45) is 12.1. The van der Waals surface area contributed by atoms with Gasteiger partial charge in [-0.25, -0.2) is 0 Å². The molecule has 202 valence electrons. The molecule has 0 radical (unpaired) electrons. The van der Waals surface area contributed by atoms with Gasteiger partial charge in [0.25, 0.3) is 0 Å². The van der Waals surface area contributed by atoms with E-state index in [9.17, 15) is 9.59 Å². The number of hydrogen-bond donors (Lipinski definition) is 0. The van der Waals surface area contributed by atoms with E-state index in [2.05, 4.69) is 48.5 Å². The van der Waals surface area contributed by atoms with E-state index in [1.807, 2.05) is 0 Å². The molecule has 9 atom stereocenters. The molecule has 0 aromatic carbocycles. The largest absolute Gasteiger partial charge is 0.462 e. The maximum Gasteiger partial charge on any atom is 0.313 e. The Labute approximate surface area is 219 Å². The minimum Gasteiger partial charge on any atom is -0.462 e. The molecule has 6 rings (SSSR count). The molecule has 36 heavy (non-hydrogen) atoms. The molecule has 0 unspecified atom stereocenters. The van der Waals surface area contributed by atoms with Crippen LogP contribution in [0, 0.1) is 50.2 Å². The quantitative estimate of drug-likeness (QED) is 0.352. The first kappa shape index (κ1) is 25.2. The SMILES string of the molecule is CC(=O)O[C@H]1CC[C@]2(C)[C@H]3CC[C@]45OC(=O)[C@@]6(CCC(C)(C)C[C@H]64)CC[C@@]5(C)[C@]3(C)CC[C@H]2C1(C)C. The van der Waals surface area contributed by atoms with Crippen LogP contribution in [0.25, 0.3) is 0 Å². The van der Waals surface area contributed by atoms with Crippen molar-refractivity contribution >= 4 is 11.9 Å². The van der Waals surface area contributed by atoms with Crippen LogP contribution >= 0.6 is 0 Å². The van der Waals surface area contributed by atoms with Gasteiger partial charge in [-0.2, -0.15) is 0 Å². The highest BCUT2D eigenvalue weighted by Gasteiger charge is 2.81. The predicted molar refractivity (Wildman–Crippen MR) is 140 cm³/mol. The molecular formula is C32H50O4. The van der Waals surface area contributed by atoms with Gasteiger partial charge in [0.1, 0.15) is 11.7 Å². The first-order chi connectivity index (χ1) is 16.6. The van der Waals surface area contributed by atoms with Gasteiger partial charge in [0.2, 0.25) is 0 Å². The van der Waals surface area contributed by atoms with Crippen molar-refractivity contribution in [3.63, 3.8) is 0 Å². The first-order valence-corrected chi connectivity index (χ1v) is 15.0. The van der Waals surface area contributed by atoms with Gasteiger partial charge in [0.05, 0.1) is 5.41 Å². The average Bonchev–Trinajstić information content (AvgIpc) is 2.94. The fraction of sp³-hybridized carbons (Fsp3) is 0.938. The van der Waals surface area contributed by atoms with Crippen LogP contribution in [0.3, 0.4) is 0 Å². The Hall–Kier alpha value is -1.06. The monoisotopic (exact) mass is 498 g/mol. The van der Waals surface area contributed by atoms with Crippen LogP contribution in [0.2, 0.25) is 0 Å². The van der Waals surface area contributed by atoms with Crippen molar-refractivity contribution < 1.29 is 19.1 Å². The first-order valence-electron chi connectivity index (χ1n) is 15.0. The molecule has 5 saturated carbocycles. The molecule has 5 aliphatic carbocycles. The Morgan fingerprint density at radius 3 is 2.17 bits per heavy atom. The second-order valence-electron chi connectivity index (χ2n) is 16.3. The topological polar surface area (TPSA) is 52.6 Å². The smallest absolute Gasteiger partial charge is 0.313 e. The Morgan fingerprint density at radius 1 is 0.806 bits per heavy atom. The highest BCUT2D eigenvalue weighted by Crippen LogP contribution is 2.80. The molecule has 1 aliphatic heterocycles. The van der Waals surface area contributed by atoms with E-state index in [4.69, 9.17) is 9.47 Å². The molecule has 0 N–H and O–H groups in total. The molecule has 6 fully saturated rings. The lowest BCUT2D eigenvalue weighted by Gasteiger charge is -2.74. The summed E-state index contributed by atoms with van der Waals surface area (Å²) >= 11 is 0. The summed E-state index contributed by atoms with van der Waals surface area (Å²) in [5.41, 5.74) is 0.142. The summed E-state index contributed by atoms with van der Waals surface area (Å²) in [7, 11) is 0. The molecule has 4 heteroatoms. The predicted octanol–water partition coefficient (Wildman–Crippen LogP) is 7.48. The standard InChI is InChI=1S/C32H50O4/c1-20(33)35-24-11-12-28(6)21(27(24,4)5)9-13-29(7)22(28)10-14-32-23-19-26(2,3)15-17-31(23,25(34)36-32)18-16-30(29,32)8/h21-24H,9-19H2,1-8H3/t21-,22+,23+,24-,28-,29+,30-,31-,32-/m0/s1. The number of rotatable bonds is 1. The molecule has 4 nitrogen and oxygen atoms in total. The van der Waals surface area contributed by atoms with E-state index < -0.39 is 0 Å². The van der Waals surface area contributed by atoms with E-state index in [0.29, 0.717) is 17.8 Å². The second kappa shape index (κ2) is 7.12. The summed E-state index contributed by atoms with van der Waals surface area (Å²) in [5.74, 6) is 1.53. The zero-order chi connectivity index (χ0) is 26.2. The van der Waals surface area contributed by atoms with Gasteiger partial charge in [0, 0.05) is 23.7 Å². The molecule has 0 amide bonds. The van der Waals surface area contributed by atoms with Crippen LogP contribution in [-0.2, 0) is 19.1 Å². The van der Waals surface area contributed by atoms with Crippen molar-refractivity contribution in [3.8, 4) is 0 Å². The van der Waals surface area contributed by atoms with E-state index in [1.54, 1.807) is 6.92 Å². The van der Waals surface area contributed by atoms with Crippen LogP contribution in [0.1, 0.15) is 126 Å². The van der Waals surface area contributed by atoms with Gasteiger partial charge >= 0.3 is 11.9 Å². The highest BCUT2D eigenvalue weighted by atomic mass is 16.6. The fourth-order valence-corrected chi connectivity index (χ4v) is 12.2. The lowest BCUT2D eigenvalue weighted by atomic mass is 9.31. The second-order valence-corrected chi connectivity index (χ2v) is 16.3. The zero-order valence-corrected chi connectivity index (χ0v) is 24.2. The van der Waals surface area contributed by atoms with Gasteiger partial charge in [-0.3, -0.25) is 9.59 Å². The third kappa shape index (κ3) is 2.73. The van der Waals surface area contributed by atoms with Crippen molar-refractivity contribution in [2.75, 3.05) is 0 Å². The lowest BCUT2D eigenvalue weighted by molar-refractivity contribution is -0.286. The average molecular weight is 499 g/mol. The fourth-order valence-electron chi connectivity index (χ4n) is 12.2. The maximum absolute atomic E-state index is 13.7. The van der Waals surface area contributed by atoms with Gasteiger partial charge in [0.15, 0.2) is 0 Å². The van der Waals surface area contributed by atoms with Gasteiger partial charge in [-0.1, -0.05) is 48.5 Å². The van der Waals surface area contributed by atoms with E-state index in [0.717, 1.165) is 57.8 Å². The number of carbonyl (C=O) groups excluding carboxylic acids is 2. The number of esters is 2. The van der Waals surface area contributed by atoms with Crippen molar-refractivity contribution in [2.24, 2.45) is 50.2 Å².